The van der Waals surface area contributed by atoms with Crippen LogP contribution in [0.4, 0.5) is 4.39 Å². The Balaban J connectivity index is 1.43. The van der Waals surface area contributed by atoms with Crippen molar-refractivity contribution >= 4 is 27.0 Å². The van der Waals surface area contributed by atoms with Gasteiger partial charge in [0.1, 0.15) is 10.7 Å². The van der Waals surface area contributed by atoms with E-state index in [0.717, 1.165) is 23.2 Å². The molecule has 0 saturated carbocycles. The number of hydrogen-bond donors (Lipinski definition) is 2. The molecule has 31 heavy (non-hydrogen) atoms. The number of carbonyl (C=O) groups excluding carboxylic acids is 1. The van der Waals surface area contributed by atoms with Gasteiger partial charge >= 0.3 is 5.69 Å². The fourth-order valence-electron chi connectivity index (χ4n) is 4.06. The van der Waals surface area contributed by atoms with E-state index in [1.807, 2.05) is 24.3 Å². The summed E-state index contributed by atoms with van der Waals surface area (Å²) in [4.78, 5) is 29.1. The lowest BCUT2D eigenvalue weighted by Crippen LogP contribution is -2.49. The van der Waals surface area contributed by atoms with E-state index >= 15 is 0 Å². The molecule has 1 amide bonds. The number of benzene rings is 2. The fraction of sp³-hybridized carbons (Fsp3) is 0.333. The molecule has 0 unspecified atom stereocenters. The van der Waals surface area contributed by atoms with Gasteiger partial charge in [-0.25, -0.2) is 17.6 Å². The van der Waals surface area contributed by atoms with E-state index in [0.29, 0.717) is 25.9 Å². The summed E-state index contributed by atoms with van der Waals surface area (Å²) in [6, 6.07) is 11.4. The van der Waals surface area contributed by atoms with Gasteiger partial charge in [0.05, 0.1) is 17.1 Å². The van der Waals surface area contributed by atoms with Crippen LogP contribution in [0.25, 0.3) is 11.0 Å². The second-order valence-corrected chi connectivity index (χ2v) is 9.33. The predicted molar refractivity (Wildman–Crippen MR) is 114 cm³/mol. The normalized spacial score (nSPS) is 16.5. The molecule has 1 atom stereocenters. The van der Waals surface area contributed by atoms with Crippen molar-refractivity contribution in [3.63, 3.8) is 0 Å². The Morgan fingerprint density at radius 1 is 1.13 bits per heavy atom. The van der Waals surface area contributed by atoms with Gasteiger partial charge in [-0.05, 0) is 44.0 Å². The number of nitrogens with one attached hydrogen (secondary N) is 2. The van der Waals surface area contributed by atoms with Gasteiger partial charge in [0.25, 0.3) is 0 Å². The highest BCUT2D eigenvalue weighted by Gasteiger charge is 2.31. The first-order valence-corrected chi connectivity index (χ1v) is 11.5. The highest BCUT2D eigenvalue weighted by atomic mass is 32.2. The van der Waals surface area contributed by atoms with E-state index in [1.165, 1.54) is 19.1 Å². The highest BCUT2D eigenvalue weighted by Crippen LogP contribution is 2.25. The van der Waals surface area contributed by atoms with Gasteiger partial charge < -0.3 is 9.88 Å². The van der Waals surface area contributed by atoms with Crippen LogP contribution in [0.1, 0.15) is 25.8 Å². The van der Waals surface area contributed by atoms with Crippen LogP contribution in [-0.2, 0) is 14.8 Å². The lowest BCUT2D eigenvalue weighted by Gasteiger charge is -2.34. The second-order valence-electron chi connectivity index (χ2n) is 7.65. The minimum Gasteiger partial charge on any atom is -0.341 e. The molecule has 2 N–H and O–H groups in total. The smallest absolute Gasteiger partial charge is 0.326 e. The highest BCUT2D eigenvalue weighted by molar-refractivity contribution is 7.89. The summed E-state index contributed by atoms with van der Waals surface area (Å²) in [5, 5.41) is 0. The van der Waals surface area contributed by atoms with E-state index < -0.39 is 26.8 Å². The van der Waals surface area contributed by atoms with Crippen LogP contribution in [0.15, 0.2) is 58.2 Å². The molecular formula is C21H23FN4O4S. The Labute approximate surface area is 178 Å². The number of carbonyl (C=O) groups is 1. The first kappa shape index (κ1) is 21.3. The van der Waals surface area contributed by atoms with E-state index in [9.17, 15) is 22.4 Å². The minimum absolute atomic E-state index is 0.0573. The van der Waals surface area contributed by atoms with Gasteiger partial charge in [-0.3, -0.25) is 9.36 Å². The summed E-state index contributed by atoms with van der Waals surface area (Å²) < 4.78 is 42.8. The number of likely N-dealkylation sites (tertiary alicyclic amines) is 1. The molecule has 8 nitrogen and oxygen atoms in total. The molecule has 10 heteroatoms. The molecule has 1 aliphatic heterocycles. The number of hydrogen-bond acceptors (Lipinski definition) is 4. The third kappa shape index (κ3) is 4.13. The molecule has 1 aromatic heterocycles. The maximum Gasteiger partial charge on any atom is 0.326 e. The van der Waals surface area contributed by atoms with Crippen LogP contribution in [0.5, 0.6) is 0 Å². The maximum absolute atomic E-state index is 13.9. The first-order chi connectivity index (χ1) is 14.8. The summed E-state index contributed by atoms with van der Waals surface area (Å²) in [6.45, 7) is 2.22. The minimum atomic E-state index is -4.17. The molecule has 1 saturated heterocycles. The molecule has 0 aliphatic carbocycles. The Hall–Kier alpha value is -2.98. The number of piperidine rings is 1. The van der Waals surface area contributed by atoms with Crippen LogP contribution in [0.3, 0.4) is 0 Å². The van der Waals surface area contributed by atoms with Crippen molar-refractivity contribution in [3.05, 3.63) is 64.8 Å². The number of aromatic amines is 1. The molecular weight excluding hydrogens is 423 g/mol. The first-order valence-electron chi connectivity index (χ1n) is 10.0. The largest absolute Gasteiger partial charge is 0.341 e. The van der Waals surface area contributed by atoms with E-state index in [4.69, 9.17) is 0 Å². The number of fused-ring (bicyclic) bond motifs is 1. The number of H-pyrrole nitrogens is 1. The molecule has 0 bridgehead atoms. The van der Waals surface area contributed by atoms with Crippen molar-refractivity contribution < 1.29 is 17.6 Å². The molecule has 0 radical (unpaired) electrons. The Kier molecular flexibility index (Phi) is 5.67. The SMILES string of the molecule is C[C@@H](NS(=O)(=O)c1ccccc1F)C(=O)N1CCC(n2c(=O)[nH]c3ccccc32)CC1. The number of amides is 1. The number of para-hydroxylation sites is 2. The van der Waals surface area contributed by atoms with Crippen molar-refractivity contribution in [3.8, 4) is 0 Å². The lowest BCUT2D eigenvalue weighted by atomic mass is 10.0. The summed E-state index contributed by atoms with van der Waals surface area (Å²) in [5.74, 6) is -1.26. The number of halogens is 1. The number of imidazole rings is 1. The lowest BCUT2D eigenvalue weighted by molar-refractivity contribution is -0.133. The summed E-state index contributed by atoms with van der Waals surface area (Å²) >= 11 is 0. The van der Waals surface area contributed by atoms with Crippen LogP contribution in [0.2, 0.25) is 0 Å². The van der Waals surface area contributed by atoms with E-state index in [2.05, 4.69) is 9.71 Å². The molecule has 2 heterocycles. The summed E-state index contributed by atoms with van der Waals surface area (Å²) in [6.07, 6.45) is 1.14. The number of aromatic nitrogens is 2. The van der Waals surface area contributed by atoms with Crippen molar-refractivity contribution in [2.24, 2.45) is 0 Å². The fourth-order valence-corrected chi connectivity index (χ4v) is 5.34. The average Bonchev–Trinajstić information content (AvgIpc) is 3.09. The number of sulfonamides is 1. The van der Waals surface area contributed by atoms with Gasteiger partial charge in [-0.1, -0.05) is 24.3 Å². The summed E-state index contributed by atoms with van der Waals surface area (Å²) in [7, 11) is -4.17. The topological polar surface area (TPSA) is 104 Å². The number of nitrogens with zero attached hydrogens (tertiary/aromatic N) is 2. The average molecular weight is 447 g/mol. The predicted octanol–water partition coefficient (Wildman–Crippen LogP) is 2.00. The van der Waals surface area contributed by atoms with Gasteiger partial charge in [-0.2, -0.15) is 4.72 Å². The maximum atomic E-state index is 13.9. The van der Waals surface area contributed by atoms with Crippen molar-refractivity contribution in [1.29, 1.82) is 0 Å². The Morgan fingerprint density at radius 3 is 2.48 bits per heavy atom. The zero-order chi connectivity index (χ0) is 22.2. The van der Waals surface area contributed by atoms with E-state index in [-0.39, 0.29) is 17.6 Å². The van der Waals surface area contributed by atoms with Gasteiger partial charge in [0, 0.05) is 19.1 Å². The van der Waals surface area contributed by atoms with Crippen LogP contribution in [-0.4, -0.2) is 47.9 Å². The van der Waals surface area contributed by atoms with Crippen LogP contribution < -0.4 is 10.4 Å². The van der Waals surface area contributed by atoms with Crippen molar-refractivity contribution in [2.45, 2.75) is 36.7 Å². The molecule has 0 spiro atoms. The number of rotatable bonds is 5. The standard InChI is InChI=1S/C21H23FN4O4S/c1-14(24-31(29,30)19-9-5-2-6-16(19)22)20(27)25-12-10-15(11-13-25)26-18-8-4-3-7-17(18)23-21(26)28/h2-9,14-15,24H,10-13H2,1H3,(H,23,28)/t14-/m1/s1. The molecule has 2 aromatic carbocycles. The quantitative estimate of drug-likeness (QED) is 0.626. The second kappa shape index (κ2) is 8.27. The monoisotopic (exact) mass is 446 g/mol. The van der Waals surface area contributed by atoms with Crippen LogP contribution in [0, 0.1) is 5.82 Å². The molecule has 1 aliphatic rings. The van der Waals surface area contributed by atoms with Gasteiger partial charge in [0.15, 0.2) is 0 Å². The Bertz CT molecular complexity index is 1280. The molecule has 164 valence electrons. The van der Waals surface area contributed by atoms with Gasteiger partial charge in [-0.15, -0.1) is 0 Å². The zero-order valence-corrected chi connectivity index (χ0v) is 17.7. The molecule has 3 aromatic rings. The van der Waals surface area contributed by atoms with Gasteiger partial charge in [0.2, 0.25) is 15.9 Å². The van der Waals surface area contributed by atoms with Crippen molar-refractivity contribution in [2.75, 3.05) is 13.1 Å². The summed E-state index contributed by atoms with van der Waals surface area (Å²) in [5.41, 5.74) is 1.41. The Morgan fingerprint density at radius 2 is 1.77 bits per heavy atom. The van der Waals surface area contributed by atoms with Crippen LogP contribution >= 0.6 is 0 Å². The van der Waals surface area contributed by atoms with E-state index in [1.54, 1.807) is 9.47 Å². The molecule has 4 rings (SSSR count). The third-order valence-corrected chi connectivity index (χ3v) is 7.17. The van der Waals surface area contributed by atoms with Crippen molar-refractivity contribution in [1.82, 2.24) is 19.2 Å². The molecule has 1 fully saturated rings. The zero-order valence-electron chi connectivity index (χ0n) is 16.9. The third-order valence-electron chi connectivity index (χ3n) is 5.59.